The molecule has 12 heteroatoms. The van der Waals surface area contributed by atoms with Crippen LogP contribution in [0, 0.1) is 11.6 Å². The number of halogens is 2. The fraction of sp³-hybridized carbons (Fsp3) is 0.257. The molecule has 3 N–H and O–H groups in total. The molecule has 10 nitrogen and oxygen atoms in total. The number of aliphatic hydroxyl groups is 1. The number of azide groups is 1. The highest BCUT2D eigenvalue weighted by atomic mass is 19.1. The molecule has 0 saturated heterocycles. The number of hydrogen-bond donors (Lipinski definition) is 3. The first-order valence-electron chi connectivity index (χ1n) is 15.1. The SMILES string of the molecule is [N-]=[N+]=NCc1ccccc1C[C@]1(C(=O)NNCCc2cc(F)cc(F)c2)N=C(c2ccc(OCCCO)cc2)O[C@H]1c1ccccc1. The summed E-state index contributed by atoms with van der Waals surface area (Å²) in [6, 6.07) is 27.0. The minimum Gasteiger partial charge on any atom is -0.494 e. The summed E-state index contributed by atoms with van der Waals surface area (Å²) in [5, 5.41) is 12.8. The lowest BCUT2D eigenvalue weighted by Gasteiger charge is -2.31. The van der Waals surface area contributed by atoms with Crippen molar-refractivity contribution >= 4 is 11.8 Å². The Labute approximate surface area is 270 Å². The molecule has 0 saturated carbocycles. The summed E-state index contributed by atoms with van der Waals surface area (Å²) in [7, 11) is 0. The second-order valence-electron chi connectivity index (χ2n) is 10.9. The molecule has 47 heavy (non-hydrogen) atoms. The number of carbonyl (C=O) groups excluding carboxylic acids is 1. The number of carbonyl (C=O) groups is 1. The van der Waals surface area contributed by atoms with Crippen LogP contribution in [0.2, 0.25) is 0 Å². The van der Waals surface area contributed by atoms with Gasteiger partial charge in [0, 0.05) is 42.5 Å². The molecule has 0 fully saturated rings. The minimum atomic E-state index is -1.53. The number of aliphatic hydroxyl groups excluding tert-OH is 1. The van der Waals surface area contributed by atoms with Crippen LogP contribution in [0.5, 0.6) is 5.75 Å². The summed E-state index contributed by atoms with van der Waals surface area (Å²) < 4.78 is 39.6. The number of hydrogen-bond acceptors (Lipinski definition) is 7. The van der Waals surface area contributed by atoms with E-state index in [-0.39, 0.29) is 38.4 Å². The van der Waals surface area contributed by atoms with Gasteiger partial charge in [-0.05, 0) is 70.6 Å². The molecule has 1 heterocycles. The summed E-state index contributed by atoms with van der Waals surface area (Å²) in [6.07, 6.45) is -0.0112. The standard InChI is InChI=1S/C35H34F2N6O4/c36-29-19-24(20-30(37)21-29)15-16-39-42-34(45)35(22-27-9-4-5-10-28(27)23-40-43-38)32(25-7-2-1-3-8-25)47-33(41-35)26-11-13-31(14-12-26)46-18-6-17-44/h1-5,7-14,19-21,32,39,44H,6,15-18,22-23H2,(H,42,45)/t32-,35-/m0/s1. The number of nitrogens with zero attached hydrogens (tertiary/aromatic N) is 4. The van der Waals surface area contributed by atoms with Crippen molar-refractivity contribution < 1.29 is 28.2 Å². The molecule has 0 radical (unpaired) electrons. The summed E-state index contributed by atoms with van der Waals surface area (Å²) in [5.74, 6) is -0.989. The number of nitrogens with one attached hydrogen (secondary N) is 2. The lowest BCUT2D eigenvalue weighted by Crippen LogP contribution is -2.54. The number of benzene rings is 4. The Morgan fingerprint density at radius 3 is 2.40 bits per heavy atom. The number of rotatable bonds is 15. The average Bonchev–Trinajstić information content (AvgIpc) is 3.47. The zero-order valence-electron chi connectivity index (χ0n) is 25.5. The summed E-state index contributed by atoms with van der Waals surface area (Å²) in [5.41, 5.74) is 16.4. The maximum Gasteiger partial charge on any atom is 0.266 e. The maximum atomic E-state index is 14.4. The van der Waals surface area contributed by atoms with Crippen molar-refractivity contribution in [3.63, 3.8) is 0 Å². The van der Waals surface area contributed by atoms with Crippen LogP contribution in [-0.2, 0) is 28.9 Å². The van der Waals surface area contributed by atoms with Gasteiger partial charge >= 0.3 is 0 Å². The van der Waals surface area contributed by atoms with Gasteiger partial charge < -0.3 is 14.6 Å². The van der Waals surface area contributed by atoms with E-state index in [1.165, 1.54) is 12.1 Å². The van der Waals surface area contributed by atoms with Crippen LogP contribution in [0.1, 0.15) is 40.3 Å². The third kappa shape index (κ3) is 8.30. The van der Waals surface area contributed by atoms with Crippen molar-refractivity contribution in [1.82, 2.24) is 10.9 Å². The quantitative estimate of drug-likeness (QED) is 0.0488. The molecule has 0 bridgehead atoms. The Hall–Kier alpha value is -5.29. The fourth-order valence-corrected chi connectivity index (χ4v) is 5.41. The highest BCUT2D eigenvalue weighted by Gasteiger charge is 2.53. The molecule has 4 aromatic carbocycles. The first kappa shape index (κ1) is 33.1. The Kier molecular flexibility index (Phi) is 11.1. The van der Waals surface area contributed by atoms with Crippen molar-refractivity contribution in [3.8, 4) is 5.75 Å². The van der Waals surface area contributed by atoms with E-state index in [0.29, 0.717) is 35.5 Å². The largest absolute Gasteiger partial charge is 0.494 e. The molecule has 0 aliphatic carbocycles. The van der Waals surface area contributed by atoms with Crippen molar-refractivity contribution in [2.75, 3.05) is 19.8 Å². The molecular formula is C35H34F2N6O4. The Morgan fingerprint density at radius 2 is 1.70 bits per heavy atom. The van der Waals surface area contributed by atoms with E-state index in [1.54, 1.807) is 24.3 Å². The maximum absolute atomic E-state index is 14.4. The number of amides is 1. The average molecular weight is 641 g/mol. The van der Waals surface area contributed by atoms with Gasteiger partial charge in [0.15, 0.2) is 11.6 Å². The van der Waals surface area contributed by atoms with Gasteiger partial charge in [0.05, 0.1) is 13.2 Å². The predicted octanol–water partition coefficient (Wildman–Crippen LogP) is 5.90. The van der Waals surface area contributed by atoms with Crippen LogP contribution in [0.4, 0.5) is 8.78 Å². The van der Waals surface area contributed by atoms with Crippen molar-refractivity contribution in [3.05, 3.63) is 147 Å². The third-order valence-electron chi connectivity index (χ3n) is 7.68. The zero-order valence-corrected chi connectivity index (χ0v) is 25.5. The topological polar surface area (TPSA) is 141 Å². The van der Waals surface area contributed by atoms with Crippen molar-refractivity contribution in [2.24, 2.45) is 10.1 Å². The van der Waals surface area contributed by atoms with E-state index < -0.39 is 29.2 Å². The normalized spacial score (nSPS) is 16.9. The van der Waals surface area contributed by atoms with E-state index in [1.807, 2.05) is 54.6 Å². The molecule has 1 aliphatic rings. The van der Waals surface area contributed by atoms with E-state index in [4.69, 9.17) is 25.1 Å². The fourth-order valence-electron chi connectivity index (χ4n) is 5.41. The highest BCUT2D eigenvalue weighted by Crippen LogP contribution is 2.43. The molecule has 1 aliphatic heterocycles. The molecule has 5 rings (SSSR count). The second-order valence-corrected chi connectivity index (χ2v) is 10.9. The van der Waals surface area contributed by atoms with Gasteiger partial charge in [-0.1, -0.05) is 59.7 Å². The first-order chi connectivity index (χ1) is 22.9. The molecule has 2 atom stereocenters. The Morgan fingerprint density at radius 1 is 1.00 bits per heavy atom. The summed E-state index contributed by atoms with van der Waals surface area (Å²) in [4.78, 5) is 22.3. The highest BCUT2D eigenvalue weighted by molar-refractivity contribution is 6.01. The molecular weight excluding hydrogens is 606 g/mol. The molecule has 0 spiro atoms. The lowest BCUT2D eigenvalue weighted by atomic mass is 9.81. The van der Waals surface area contributed by atoms with Crippen LogP contribution in [0.15, 0.2) is 107 Å². The van der Waals surface area contributed by atoms with Gasteiger partial charge in [-0.3, -0.25) is 10.2 Å². The number of ether oxygens (including phenoxy) is 2. The Bertz CT molecular complexity index is 1730. The van der Waals surface area contributed by atoms with Gasteiger partial charge in [0.25, 0.3) is 5.91 Å². The minimum absolute atomic E-state index is 0.0257. The van der Waals surface area contributed by atoms with Gasteiger partial charge in [-0.2, -0.15) is 0 Å². The predicted molar refractivity (Wildman–Crippen MR) is 172 cm³/mol. The van der Waals surface area contributed by atoms with Crippen LogP contribution >= 0.6 is 0 Å². The van der Waals surface area contributed by atoms with Crippen LogP contribution in [0.25, 0.3) is 10.4 Å². The third-order valence-corrected chi connectivity index (χ3v) is 7.68. The van der Waals surface area contributed by atoms with E-state index >= 15 is 0 Å². The number of hydrazine groups is 1. The van der Waals surface area contributed by atoms with Crippen LogP contribution < -0.4 is 15.6 Å². The van der Waals surface area contributed by atoms with Gasteiger partial charge in [0.2, 0.25) is 5.90 Å². The van der Waals surface area contributed by atoms with Gasteiger partial charge in [-0.25, -0.2) is 19.2 Å². The molecule has 0 aromatic heterocycles. The lowest BCUT2D eigenvalue weighted by molar-refractivity contribution is -0.130. The van der Waals surface area contributed by atoms with E-state index in [2.05, 4.69) is 20.9 Å². The van der Waals surface area contributed by atoms with Crippen LogP contribution in [-0.4, -0.2) is 42.2 Å². The van der Waals surface area contributed by atoms with E-state index in [0.717, 1.165) is 17.2 Å². The van der Waals surface area contributed by atoms with Crippen molar-refractivity contribution in [1.29, 1.82) is 0 Å². The van der Waals surface area contributed by atoms with Crippen molar-refractivity contribution in [2.45, 2.75) is 37.5 Å². The summed E-state index contributed by atoms with van der Waals surface area (Å²) in [6.45, 7) is 0.655. The van der Waals surface area contributed by atoms with Crippen LogP contribution in [0.3, 0.4) is 0 Å². The monoisotopic (exact) mass is 640 g/mol. The molecule has 1 amide bonds. The zero-order chi connectivity index (χ0) is 33.1. The van der Waals surface area contributed by atoms with Gasteiger partial charge in [0.1, 0.15) is 17.4 Å². The number of aliphatic imine (C=N–C) groups is 1. The smallest absolute Gasteiger partial charge is 0.266 e. The van der Waals surface area contributed by atoms with Gasteiger partial charge in [-0.15, -0.1) is 0 Å². The second kappa shape index (κ2) is 15.8. The molecule has 0 unspecified atom stereocenters. The Balaban J connectivity index is 1.50. The molecule has 242 valence electrons. The summed E-state index contributed by atoms with van der Waals surface area (Å²) >= 11 is 0. The first-order valence-corrected chi connectivity index (χ1v) is 15.1. The van der Waals surface area contributed by atoms with E-state index in [9.17, 15) is 13.6 Å². The molecule has 4 aromatic rings.